The Morgan fingerprint density at radius 2 is 2.00 bits per heavy atom. The fraction of sp³-hybridized carbons (Fsp3) is 0.667. The quantitative estimate of drug-likeness (QED) is 0.823. The van der Waals surface area contributed by atoms with Gasteiger partial charge >= 0.3 is 6.03 Å². The number of morpholine rings is 1. The monoisotopic (exact) mass is 347 g/mol. The molecular formula is C18H29N5O2. The lowest BCUT2D eigenvalue weighted by Gasteiger charge is -2.28. The van der Waals surface area contributed by atoms with Gasteiger partial charge in [0, 0.05) is 25.7 Å². The Labute approximate surface area is 149 Å². The Balaban J connectivity index is 1.45. The predicted molar refractivity (Wildman–Crippen MR) is 99.2 cm³/mol. The van der Waals surface area contributed by atoms with Gasteiger partial charge in [0.1, 0.15) is 5.82 Å². The van der Waals surface area contributed by atoms with Crippen LogP contribution in [0.15, 0.2) is 18.3 Å². The fourth-order valence-corrected chi connectivity index (χ4v) is 3.46. The van der Waals surface area contributed by atoms with Crippen LogP contribution in [0.25, 0.3) is 0 Å². The molecule has 2 fully saturated rings. The van der Waals surface area contributed by atoms with E-state index in [0.29, 0.717) is 18.3 Å². The van der Waals surface area contributed by atoms with Crippen LogP contribution < -0.4 is 15.5 Å². The van der Waals surface area contributed by atoms with Gasteiger partial charge in [0.15, 0.2) is 0 Å². The molecule has 1 unspecified atom stereocenters. The standard InChI is InChI=1S/C18H29N5O2/c1-2-16(22-7-3-4-8-22)14-20-18(24)21-15-5-6-17(19-13-15)23-9-11-25-12-10-23/h5-6,13,16H,2-4,7-12,14H2,1H3,(H2,20,21,24). The predicted octanol–water partition coefficient (Wildman–Crippen LogP) is 1.91. The number of pyridine rings is 1. The van der Waals surface area contributed by atoms with Gasteiger partial charge in [-0.25, -0.2) is 9.78 Å². The molecule has 0 bridgehead atoms. The van der Waals surface area contributed by atoms with Gasteiger partial charge in [-0.05, 0) is 44.5 Å². The summed E-state index contributed by atoms with van der Waals surface area (Å²) in [6.45, 7) is 8.34. The van der Waals surface area contributed by atoms with E-state index in [1.807, 2.05) is 12.1 Å². The second kappa shape index (κ2) is 9.01. The third-order valence-electron chi connectivity index (χ3n) is 4.97. The minimum Gasteiger partial charge on any atom is -0.378 e. The van der Waals surface area contributed by atoms with Crippen LogP contribution >= 0.6 is 0 Å². The highest BCUT2D eigenvalue weighted by Gasteiger charge is 2.20. The summed E-state index contributed by atoms with van der Waals surface area (Å²) in [6.07, 6.45) is 5.30. The number of nitrogens with zero attached hydrogens (tertiary/aromatic N) is 3. The number of amides is 2. The molecule has 2 amide bonds. The van der Waals surface area contributed by atoms with E-state index in [-0.39, 0.29) is 6.03 Å². The van der Waals surface area contributed by atoms with E-state index in [9.17, 15) is 4.79 Å². The number of carbonyl (C=O) groups is 1. The number of rotatable bonds is 6. The summed E-state index contributed by atoms with van der Waals surface area (Å²) in [5.41, 5.74) is 0.712. The van der Waals surface area contributed by atoms with Gasteiger partial charge in [-0.15, -0.1) is 0 Å². The minimum absolute atomic E-state index is 0.168. The van der Waals surface area contributed by atoms with Gasteiger partial charge in [-0.3, -0.25) is 4.90 Å². The highest BCUT2D eigenvalue weighted by Crippen LogP contribution is 2.16. The molecule has 1 atom stereocenters. The topological polar surface area (TPSA) is 69.7 Å². The Morgan fingerprint density at radius 1 is 1.24 bits per heavy atom. The summed E-state index contributed by atoms with van der Waals surface area (Å²) in [5.74, 6) is 0.925. The Morgan fingerprint density at radius 3 is 2.64 bits per heavy atom. The molecule has 2 aliphatic heterocycles. The molecule has 3 heterocycles. The molecule has 0 saturated carbocycles. The van der Waals surface area contributed by atoms with Gasteiger partial charge in [0.25, 0.3) is 0 Å². The molecule has 2 aliphatic rings. The molecule has 1 aromatic rings. The number of ether oxygens (including phenoxy) is 1. The maximum absolute atomic E-state index is 12.1. The SMILES string of the molecule is CCC(CNC(=O)Nc1ccc(N2CCOCC2)nc1)N1CCCC1. The normalized spacial score (nSPS) is 19.6. The molecule has 2 saturated heterocycles. The molecule has 1 aromatic heterocycles. The summed E-state index contributed by atoms with van der Waals surface area (Å²) >= 11 is 0. The zero-order valence-electron chi connectivity index (χ0n) is 15.0. The Bertz CT molecular complexity index is 539. The number of hydrogen-bond donors (Lipinski definition) is 2. The second-order valence-corrected chi connectivity index (χ2v) is 6.64. The Hall–Kier alpha value is -1.86. The van der Waals surface area contributed by atoms with Crippen LogP contribution in [0, 0.1) is 0 Å². The number of aromatic nitrogens is 1. The van der Waals surface area contributed by atoms with E-state index in [1.54, 1.807) is 6.20 Å². The summed E-state index contributed by atoms with van der Waals surface area (Å²) < 4.78 is 5.35. The average molecular weight is 347 g/mol. The molecule has 0 aliphatic carbocycles. The van der Waals surface area contributed by atoms with Crippen molar-refractivity contribution in [3.05, 3.63) is 18.3 Å². The molecule has 138 valence electrons. The molecule has 25 heavy (non-hydrogen) atoms. The maximum atomic E-state index is 12.1. The first-order chi connectivity index (χ1) is 12.3. The average Bonchev–Trinajstić information content (AvgIpc) is 3.18. The maximum Gasteiger partial charge on any atom is 0.319 e. The largest absolute Gasteiger partial charge is 0.378 e. The Kier molecular flexibility index (Phi) is 6.47. The van der Waals surface area contributed by atoms with Crippen LogP contribution in [0.5, 0.6) is 0 Å². The summed E-state index contributed by atoms with van der Waals surface area (Å²) in [5, 5.41) is 5.86. The molecule has 7 heteroatoms. The van der Waals surface area contributed by atoms with Crippen LogP contribution in [0.1, 0.15) is 26.2 Å². The van der Waals surface area contributed by atoms with Crippen molar-refractivity contribution in [1.29, 1.82) is 0 Å². The van der Waals surface area contributed by atoms with Crippen LogP contribution in [0.4, 0.5) is 16.3 Å². The molecule has 7 nitrogen and oxygen atoms in total. The zero-order chi connectivity index (χ0) is 17.5. The van der Waals surface area contributed by atoms with Crippen molar-refractivity contribution in [3.8, 4) is 0 Å². The van der Waals surface area contributed by atoms with Crippen molar-refractivity contribution >= 4 is 17.5 Å². The summed E-state index contributed by atoms with van der Waals surface area (Å²) in [7, 11) is 0. The van der Waals surface area contributed by atoms with E-state index in [1.165, 1.54) is 12.8 Å². The number of hydrogen-bond acceptors (Lipinski definition) is 5. The molecule has 0 aromatic carbocycles. The first-order valence-corrected chi connectivity index (χ1v) is 9.34. The highest BCUT2D eigenvalue weighted by atomic mass is 16.5. The van der Waals surface area contributed by atoms with Crippen molar-refractivity contribution in [3.63, 3.8) is 0 Å². The van der Waals surface area contributed by atoms with Crippen LogP contribution in [-0.2, 0) is 4.74 Å². The van der Waals surface area contributed by atoms with Crippen LogP contribution in [0.3, 0.4) is 0 Å². The molecular weight excluding hydrogens is 318 g/mol. The number of anilines is 2. The van der Waals surface area contributed by atoms with E-state index in [0.717, 1.165) is 51.6 Å². The first kappa shape index (κ1) is 17.9. The lowest BCUT2D eigenvalue weighted by atomic mass is 10.2. The smallest absolute Gasteiger partial charge is 0.319 e. The number of carbonyl (C=O) groups excluding carboxylic acids is 1. The van der Waals surface area contributed by atoms with Gasteiger partial charge in [0.2, 0.25) is 0 Å². The van der Waals surface area contributed by atoms with Crippen LogP contribution in [0.2, 0.25) is 0 Å². The molecule has 2 N–H and O–H groups in total. The second-order valence-electron chi connectivity index (χ2n) is 6.64. The number of likely N-dealkylation sites (tertiary alicyclic amines) is 1. The first-order valence-electron chi connectivity index (χ1n) is 9.34. The molecule has 3 rings (SSSR count). The van der Waals surface area contributed by atoms with E-state index < -0.39 is 0 Å². The van der Waals surface area contributed by atoms with Gasteiger partial charge < -0.3 is 20.3 Å². The van der Waals surface area contributed by atoms with Crippen molar-refractivity contribution < 1.29 is 9.53 Å². The van der Waals surface area contributed by atoms with E-state index in [2.05, 4.69) is 32.3 Å². The van der Waals surface area contributed by atoms with Crippen molar-refractivity contribution in [2.75, 3.05) is 56.2 Å². The fourth-order valence-electron chi connectivity index (χ4n) is 3.46. The number of nitrogens with one attached hydrogen (secondary N) is 2. The zero-order valence-corrected chi connectivity index (χ0v) is 15.0. The van der Waals surface area contributed by atoms with Crippen molar-refractivity contribution in [1.82, 2.24) is 15.2 Å². The van der Waals surface area contributed by atoms with E-state index in [4.69, 9.17) is 4.74 Å². The van der Waals surface area contributed by atoms with Crippen molar-refractivity contribution in [2.45, 2.75) is 32.2 Å². The molecule has 0 spiro atoms. The van der Waals surface area contributed by atoms with E-state index >= 15 is 0 Å². The lowest BCUT2D eigenvalue weighted by Crippen LogP contribution is -2.43. The third kappa shape index (κ3) is 5.06. The van der Waals surface area contributed by atoms with Gasteiger partial charge in [-0.2, -0.15) is 0 Å². The minimum atomic E-state index is -0.168. The highest BCUT2D eigenvalue weighted by molar-refractivity contribution is 5.89. The molecule has 0 radical (unpaired) electrons. The number of urea groups is 1. The lowest BCUT2D eigenvalue weighted by molar-refractivity contribution is 0.122. The van der Waals surface area contributed by atoms with Gasteiger partial charge in [-0.1, -0.05) is 6.92 Å². The summed E-state index contributed by atoms with van der Waals surface area (Å²) in [4.78, 5) is 21.2. The third-order valence-corrected chi connectivity index (χ3v) is 4.97. The van der Waals surface area contributed by atoms with Gasteiger partial charge in [0.05, 0.1) is 25.1 Å². The summed E-state index contributed by atoms with van der Waals surface area (Å²) in [6, 6.07) is 4.10. The van der Waals surface area contributed by atoms with Crippen molar-refractivity contribution in [2.24, 2.45) is 0 Å². The van der Waals surface area contributed by atoms with Crippen LogP contribution in [-0.4, -0.2) is 67.9 Å².